The molecule has 0 aliphatic carbocycles. The van der Waals surface area contributed by atoms with Gasteiger partial charge in [0, 0.05) is 0 Å². The van der Waals surface area contributed by atoms with E-state index >= 15 is 0 Å². The summed E-state index contributed by atoms with van der Waals surface area (Å²) in [7, 11) is 0. The Morgan fingerprint density at radius 2 is 1.20 bits per heavy atom. The summed E-state index contributed by atoms with van der Waals surface area (Å²) in [4.78, 5) is 8.66. The third-order valence-corrected chi connectivity index (χ3v) is 3.07. The van der Waals surface area contributed by atoms with Crippen LogP contribution in [0.4, 0.5) is 0 Å². The van der Waals surface area contributed by atoms with Gasteiger partial charge < -0.3 is 0 Å². The van der Waals surface area contributed by atoms with Crippen LogP contribution in [0.2, 0.25) is 0 Å². The van der Waals surface area contributed by atoms with Crippen molar-refractivity contribution in [2.45, 2.75) is 27.7 Å². The van der Waals surface area contributed by atoms with E-state index in [2.05, 4.69) is 20.2 Å². The SMILES string of the molecule is Cc1nc(C)n(-c2cccc(-n3nc(C)nc3C)c2)n1. The van der Waals surface area contributed by atoms with E-state index in [9.17, 15) is 0 Å². The molecule has 3 aromatic rings. The molecular weight excluding hydrogens is 252 g/mol. The molecule has 6 nitrogen and oxygen atoms in total. The summed E-state index contributed by atoms with van der Waals surface area (Å²) >= 11 is 0. The van der Waals surface area contributed by atoms with Gasteiger partial charge in [0.2, 0.25) is 0 Å². The van der Waals surface area contributed by atoms with Gasteiger partial charge in [-0.2, -0.15) is 10.2 Å². The molecule has 0 spiro atoms. The van der Waals surface area contributed by atoms with Crippen LogP contribution in [0.25, 0.3) is 11.4 Å². The Hall–Kier alpha value is -2.50. The van der Waals surface area contributed by atoms with Crippen LogP contribution in [0.3, 0.4) is 0 Å². The number of benzene rings is 1. The average Bonchev–Trinajstić information content (AvgIpc) is 2.91. The highest BCUT2D eigenvalue weighted by Crippen LogP contribution is 2.16. The normalized spacial score (nSPS) is 11.0. The number of hydrogen-bond acceptors (Lipinski definition) is 4. The molecule has 1 aromatic carbocycles. The van der Waals surface area contributed by atoms with Gasteiger partial charge in [0.15, 0.2) is 0 Å². The smallest absolute Gasteiger partial charge is 0.148 e. The molecule has 6 heteroatoms. The van der Waals surface area contributed by atoms with Crippen molar-refractivity contribution < 1.29 is 0 Å². The molecule has 0 unspecified atom stereocenters. The van der Waals surface area contributed by atoms with Gasteiger partial charge in [0.05, 0.1) is 11.4 Å². The second-order valence-electron chi connectivity index (χ2n) is 4.76. The molecule has 20 heavy (non-hydrogen) atoms. The summed E-state index contributed by atoms with van der Waals surface area (Å²) in [5, 5.41) is 8.81. The maximum Gasteiger partial charge on any atom is 0.148 e. The molecule has 0 saturated heterocycles. The predicted molar refractivity (Wildman–Crippen MR) is 75.2 cm³/mol. The number of hydrogen-bond donors (Lipinski definition) is 0. The largest absolute Gasteiger partial charge is 0.218 e. The third-order valence-electron chi connectivity index (χ3n) is 3.07. The van der Waals surface area contributed by atoms with Crippen LogP contribution in [0.5, 0.6) is 0 Å². The molecule has 0 amide bonds. The summed E-state index contributed by atoms with van der Waals surface area (Å²) in [6, 6.07) is 8.02. The van der Waals surface area contributed by atoms with Gasteiger partial charge in [0.1, 0.15) is 23.3 Å². The topological polar surface area (TPSA) is 61.4 Å². The molecule has 0 saturated carbocycles. The van der Waals surface area contributed by atoms with E-state index < -0.39 is 0 Å². The van der Waals surface area contributed by atoms with Crippen molar-refractivity contribution in [1.29, 1.82) is 0 Å². The fourth-order valence-corrected chi connectivity index (χ4v) is 2.29. The standard InChI is InChI=1S/C14H16N6/c1-9-15-11(3)19(17-9)13-6-5-7-14(8-13)20-12(4)16-10(2)18-20/h5-8H,1-4H3. The summed E-state index contributed by atoms with van der Waals surface area (Å²) in [5.74, 6) is 3.26. The zero-order valence-electron chi connectivity index (χ0n) is 12.0. The predicted octanol–water partition coefficient (Wildman–Crippen LogP) is 2.08. The van der Waals surface area contributed by atoms with Crippen LogP contribution in [0.15, 0.2) is 24.3 Å². The van der Waals surface area contributed by atoms with E-state index in [0.717, 1.165) is 34.7 Å². The Bertz CT molecular complexity index is 706. The fraction of sp³-hybridized carbons (Fsp3) is 0.286. The highest BCUT2D eigenvalue weighted by Gasteiger charge is 2.09. The molecule has 2 aromatic heterocycles. The first-order valence-electron chi connectivity index (χ1n) is 6.46. The summed E-state index contributed by atoms with van der Waals surface area (Å²) in [5.41, 5.74) is 1.93. The number of rotatable bonds is 2. The molecular formula is C14H16N6. The van der Waals surface area contributed by atoms with Crippen molar-refractivity contribution in [1.82, 2.24) is 29.5 Å². The fourth-order valence-electron chi connectivity index (χ4n) is 2.29. The highest BCUT2D eigenvalue weighted by atomic mass is 15.4. The van der Waals surface area contributed by atoms with E-state index in [-0.39, 0.29) is 0 Å². The average molecular weight is 268 g/mol. The van der Waals surface area contributed by atoms with Crippen LogP contribution in [-0.4, -0.2) is 29.5 Å². The lowest BCUT2D eigenvalue weighted by molar-refractivity contribution is 0.810. The van der Waals surface area contributed by atoms with Crippen LogP contribution >= 0.6 is 0 Å². The van der Waals surface area contributed by atoms with Crippen molar-refractivity contribution in [2.24, 2.45) is 0 Å². The van der Waals surface area contributed by atoms with E-state index in [4.69, 9.17) is 0 Å². The molecule has 0 aliphatic rings. The van der Waals surface area contributed by atoms with Crippen molar-refractivity contribution >= 4 is 0 Å². The van der Waals surface area contributed by atoms with Gasteiger partial charge in [0.25, 0.3) is 0 Å². The van der Waals surface area contributed by atoms with Gasteiger partial charge in [-0.15, -0.1) is 0 Å². The Labute approximate surface area is 117 Å². The van der Waals surface area contributed by atoms with Crippen molar-refractivity contribution in [3.8, 4) is 11.4 Å². The minimum atomic E-state index is 0.765. The van der Waals surface area contributed by atoms with Crippen molar-refractivity contribution in [2.75, 3.05) is 0 Å². The van der Waals surface area contributed by atoms with Gasteiger partial charge in [-0.3, -0.25) is 0 Å². The Morgan fingerprint density at radius 1 is 0.750 bits per heavy atom. The van der Waals surface area contributed by atoms with Gasteiger partial charge in [-0.25, -0.2) is 19.3 Å². The maximum absolute atomic E-state index is 4.40. The van der Waals surface area contributed by atoms with Crippen LogP contribution in [0.1, 0.15) is 23.3 Å². The quantitative estimate of drug-likeness (QED) is 0.714. The molecule has 0 aliphatic heterocycles. The van der Waals surface area contributed by atoms with E-state index in [1.165, 1.54) is 0 Å². The monoisotopic (exact) mass is 268 g/mol. The van der Waals surface area contributed by atoms with Gasteiger partial charge >= 0.3 is 0 Å². The molecule has 102 valence electrons. The Kier molecular flexibility index (Phi) is 2.85. The van der Waals surface area contributed by atoms with E-state index in [0.29, 0.717) is 0 Å². The number of aromatic nitrogens is 6. The summed E-state index contributed by atoms with van der Waals surface area (Å²) < 4.78 is 3.66. The van der Waals surface area contributed by atoms with Crippen molar-refractivity contribution in [3.05, 3.63) is 47.6 Å². The van der Waals surface area contributed by atoms with Crippen molar-refractivity contribution in [3.63, 3.8) is 0 Å². The minimum Gasteiger partial charge on any atom is -0.218 e. The second kappa shape index (κ2) is 4.56. The van der Waals surface area contributed by atoms with Gasteiger partial charge in [-0.05, 0) is 45.9 Å². The zero-order valence-corrected chi connectivity index (χ0v) is 12.0. The van der Waals surface area contributed by atoms with E-state index in [1.54, 1.807) is 0 Å². The lowest BCUT2D eigenvalue weighted by Gasteiger charge is -2.07. The molecule has 0 bridgehead atoms. The summed E-state index contributed by atoms with van der Waals surface area (Å²) in [6.07, 6.45) is 0. The lowest BCUT2D eigenvalue weighted by Crippen LogP contribution is -2.03. The van der Waals surface area contributed by atoms with Crippen LogP contribution in [-0.2, 0) is 0 Å². The second-order valence-corrected chi connectivity index (χ2v) is 4.76. The van der Waals surface area contributed by atoms with E-state index in [1.807, 2.05) is 61.3 Å². The first kappa shape index (κ1) is 12.5. The molecule has 0 N–H and O–H groups in total. The maximum atomic E-state index is 4.40. The van der Waals surface area contributed by atoms with Crippen LogP contribution in [0, 0.1) is 27.7 Å². The van der Waals surface area contributed by atoms with Crippen LogP contribution < -0.4 is 0 Å². The molecule has 0 atom stereocenters. The number of aryl methyl sites for hydroxylation is 4. The van der Waals surface area contributed by atoms with Gasteiger partial charge in [-0.1, -0.05) is 6.07 Å². The lowest BCUT2D eigenvalue weighted by atomic mass is 10.3. The summed E-state index contributed by atoms with van der Waals surface area (Å²) in [6.45, 7) is 7.66. The molecule has 0 radical (unpaired) electrons. The Morgan fingerprint density at radius 3 is 1.55 bits per heavy atom. The molecule has 0 fully saturated rings. The first-order chi connectivity index (χ1) is 9.54. The molecule has 2 heterocycles. The highest BCUT2D eigenvalue weighted by molar-refractivity contribution is 5.43. The number of nitrogens with zero attached hydrogens (tertiary/aromatic N) is 6. The minimum absolute atomic E-state index is 0.765. The first-order valence-corrected chi connectivity index (χ1v) is 6.46. The molecule has 3 rings (SSSR count). The zero-order chi connectivity index (χ0) is 14.3. The third kappa shape index (κ3) is 2.09. The Balaban J connectivity index is 2.10.